The highest BCUT2D eigenvalue weighted by atomic mass is 35.5. The number of carboxylic acid groups (broad SMARTS) is 1. The van der Waals surface area contributed by atoms with Gasteiger partial charge in [0, 0.05) is 17.3 Å². The minimum Gasteiger partial charge on any atom is -0.508 e. The minimum absolute atomic E-state index is 0.143. The molecule has 0 fully saturated rings. The van der Waals surface area contributed by atoms with Crippen LogP contribution in [0.4, 0.5) is 5.69 Å². The quantitative estimate of drug-likeness (QED) is 0.888. The van der Waals surface area contributed by atoms with Crippen molar-refractivity contribution in [2.75, 3.05) is 11.4 Å². The maximum absolute atomic E-state index is 11.0. The maximum atomic E-state index is 11.0. The van der Waals surface area contributed by atoms with Gasteiger partial charge in [-0.05, 0) is 35.9 Å². The molecule has 0 unspecified atom stereocenters. The number of carbonyl (C=O) groups is 1. The summed E-state index contributed by atoms with van der Waals surface area (Å²) in [6.45, 7) is 0.233. The molecule has 0 aliphatic rings. The van der Waals surface area contributed by atoms with Gasteiger partial charge in [0.05, 0.1) is 0 Å². The highest BCUT2D eigenvalue weighted by Gasteiger charge is 2.12. The molecule has 0 aromatic heterocycles. The van der Waals surface area contributed by atoms with Gasteiger partial charge >= 0.3 is 5.97 Å². The van der Waals surface area contributed by atoms with E-state index in [9.17, 15) is 9.90 Å². The molecule has 0 radical (unpaired) electrons. The van der Waals surface area contributed by atoms with Gasteiger partial charge in [-0.15, -0.1) is 0 Å². The van der Waals surface area contributed by atoms with Crippen LogP contribution in [-0.2, 0) is 11.3 Å². The van der Waals surface area contributed by atoms with Crippen LogP contribution in [0.3, 0.4) is 0 Å². The second kappa shape index (κ2) is 6.30. The lowest BCUT2D eigenvalue weighted by Gasteiger charge is -2.23. The van der Waals surface area contributed by atoms with Gasteiger partial charge in [-0.2, -0.15) is 0 Å². The summed E-state index contributed by atoms with van der Waals surface area (Å²) in [7, 11) is 0. The molecule has 0 saturated carbocycles. The molecule has 104 valence electrons. The Morgan fingerprint density at radius 2 is 1.90 bits per heavy atom. The van der Waals surface area contributed by atoms with Gasteiger partial charge < -0.3 is 15.1 Å². The molecule has 2 aromatic carbocycles. The van der Waals surface area contributed by atoms with Crippen LogP contribution >= 0.6 is 11.6 Å². The van der Waals surface area contributed by atoms with Gasteiger partial charge in [0.15, 0.2) is 0 Å². The fourth-order valence-corrected chi connectivity index (χ4v) is 2.13. The maximum Gasteiger partial charge on any atom is 0.323 e. The van der Waals surface area contributed by atoms with Crippen molar-refractivity contribution in [3.8, 4) is 5.75 Å². The lowest BCUT2D eigenvalue weighted by atomic mass is 10.2. The standard InChI is InChI=1S/C15H14ClNO3/c16-12-4-2-5-13(8-12)17(10-15(19)20)9-11-3-1-6-14(18)7-11/h1-8,18H,9-10H2,(H,19,20). The van der Waals surface area contributed by atoms with Gasteiger partial charge in [-0.25, -0.2) is 0 Å². The predicted octanol–water partition coefficient (Wildman–Crippen LogP) is 3.14. The van der Waals surface area contributed by atoms with E-state index in [1.54, 1.807) is 47.4 Å². The van der Waals surface area contributed by atoms with E-state index in [0.29, 0.717) is 11.6 Å². The van der Waals surface area contributed by atoms with Crippen molar-refractivity contribution in [2.45, 2.75) is 6.54 Å². The van der Waals surface area contributed by atoms with Crippen molar-refractivity contribution < 1.29 is 15.0 Å². The zero-order valence-corrected chi connectivity index (χ0v) is 11.4. The van der Waals surface area contributed by atoms with Crippen molar-refractivity contribution in [3.63, 3.8) is 0 Å². The summed E-state index contributed by atoms with van der Waals surface area (Å²) in [4.78, 5) is 12.7. The van der Waals surface area contributed by atoms with Crippen LogP contribution in [0.15, 0.2) is 48.5 Å². The number of nitrogens with zero attached hydrogens (tertiary/aromatic N) is 1. The summed E-state index contributed by atoms with van der Waals surface area (Å²) in [6.07, 6.45) is 0. The third-order valence-electron chi connectivity index (χ3n) is 2.78. The average Bonchev–Trinajstić information content (AvgIpc) is 2.37. The van der Waals surface area contributed by atoms with E-state index in [0.717, 1.165) is 11.3 Å². The average molecular weight is 292 g/mol. The molecule has 2 N–H and O–H groups in total. The summed E-state index contributed by atoms with van der Waals surface area (Å²) >= 11 is 5.94. The third-order valence-corrected chi connectivity index (χ3v) is 3.02. The van der Waals surface area contributed by atoms with Crippen LogP contribution in [0, 0.1) is 0 Å². The molecular weight excluding hydrogens is 278 g/mol. The van der Waals surface area contributed by atoms with Crippen molar-refractivity contribution >= 4 is 23.3 Å². The number of phenolic OH excluding ortho intramolecular Hbond substituents is 1. The van der Waals surface area contributed by atoms with Gasteiger partial charge in [0.2, 0.25) is 0 Å². The third kappa shape index (κ3) is 3.90. The number of rotatable bonds is 5. The number of phenols is 1. The first-order valence-corrected chi connectivity index (χ1v) is 6.42. The number of aromatic hydroxyl groups is 1. The van der Waals surface area contributed by atoms with Crippen LogP contribution < -0.4 is 4.90 Å². The number of halogens is 1. The first-order valence-electron chi connectivity index (χ1n) is 6.05. The van der Waals surface area contributed by atoms with Crippen LogP contribution in [0.5, 0.6) is 5.75 Å². The van der Waals surface area contributed by atoms with Gasteiger partial charge in [0.25, 0.3) is 0 Å². The van der Waals surface area contributed by atoms with Crippen molar-refractivity contribution in [1.82, 2.24) is 0 Å². The van der Waals surface area contributed by atoms with Crippen LogP contribution in [0.25, 0.3) is 0 Å². The molecular formula is C15H14ClNO3. The molecule has 0 aliphatic carbocycles. The molecule has 0 bridgehead atoms. The number of benzene rings is 2. The summed E-state index contributed by atoms with van der Waals surface area (Å²) in [5.41, 5.74) is 1.55. The first-order chi connectivity index (χ1) is 9.54. The number of hydrogen-bond donors (Lipinski definition) is 2. The Morgan fingerprint density at radius 3 is 2.55 bits per heavy atom. The summed E-state index contributed by atoms with van der Waals surface area (Å²) in [5.74, 6) is -0.769. The zero-order chi connectivity index (χ0) is 14.5. The SMILES string of the molecule is O=C(O)CN(Cc1cccc(O)c1)c1cccc(Cl)c1. The Hall–Kier alpha value is -2.20. The first kappa shape index (κ1) is 14.2. The lowest BCUT2D eigenvalue weighted by molar-refractivity contribution is -0.135. The Bertz CT molecular complexity index is 616. The zero-order valence-electron chi connectivity index (χ0n) is 10.7. The van der Waals surface area contributed by atoms with E-state index in [4.69, 9.17) is 16.7 Å². The normalized spacial score (nSPS) is 10.2. The largest absolute Gasteiger partial charge is 0.508 e. The molecule has 20 heavy (non-hydrogen) atoms. The van der Waals surface area contributed by atoms with E-state index >= 15 is 0 Å². The second-order valence-corrected chi connectivity index (χ2v) is 4.84. The molecule has 2 aromatic rings. The smallest absolute Gasteiger partial charge is 0.323 e. The van der Waals surface area contributed by atoms with Crippen molar-refractivity contribution in [1.29, 1.82) is 0 Å². The van der Waals surface area contributed by atoms with Gasteiger partial charge in [-0.1, -0.05) is 29.8 Å². The van der Waals surface area contributed by atoms with Gasteiger partial charge in [0.1, 0.15) is 12.3 Å². The lowest BCUT2D eigenvalue weighted by Crippen LogP contribution is -2.29. The fraction of sp³-hybridized carbons (Fsp3) is 0.133. The van der Waals surface area contributed by atoms with Crippen LogP contribution in [0.1, 0.15) is 5.56 Å². The molecule has 0 atom stereocenters. The minimum atomic E-state index is -0.926. The molecule has 0 amide bonds. The topological polar surface area (TPSA) is 60.8 Å². The number of carboxylic acids is 1. The molecule has 5 heteroatoms. The Balaban J connectivity index is 2.26. The van der Waals surface area contributed by atoms with Crippen LogP contribution in [0.2, 0.25) is 5.02 Å². The molecule has 0 spiro atoms. The second-order valence-electron chi connectivity index (χ2n) is 4.40. The van der Waals surface area contributed by atoms with Crippen molar-refractivity contribution in [3.05, 3.63) is 59.1 Å². The molecule has 2 rings (SSSR count). The van der Waals surface area contributed by atoms with Crippen LogP contribution in [-0.4, -0.2) is 22.7 Å². The Labute approximate surface area is 121 Å². The number of aliphatic carboxylic acids is 1. The number of anilines is 1. The Morgan fingerprint density at radius 1 is 1.15 bits per heavy atom. The molecule has 0 heterocycles. The van der Waals surface area contributed by atoms with Gasteiger partial charge in [-0.3, -0.25) is 4.79 Å². The van der Waals surface area contributed by atoms with E-state index in [1.165, 1.54) is 0 Å². The molecule has 4 nitrogen and oxygen atoms in total. The summed E-state index contributed by atoms with van der Waals surface area (Å²) < 4.78 is 0. The van der Waals surface area contributed by atoms with E-state index in [1.807, 2.05) is 6.07 Å². The monoisotopic (exact) mass is 291 g/mol. The van der Waals surface area contributed by atoms with Crippen molar-refractivity contribution in [2.24, 2.45) is 0 Å². The number of hydrogen-bond acceptors (Lipinski definition) is 3. The molecule has 0 saturated heterocycles. The summed E-state index contributed by atoms with van der Waals surface area (Å²) in [5, 5.41) is 19.0. The van der Waals surface area contributed by atoms with E-state index < -0.39 is 5.97 Å². The van der Waals surface area contributed by atoms with E-state index in [-0.39, 0.29) is 12.3 Å². The summed E-state index contributed by atoms with van der Waals surface area (Å²) in [6, 6.07) is 13.8. The highest BCUT2D eigenvalue weighted by molar-refractivity contribution is 6.30. The fourth-order valence-electron chi connectivity index (χ4n) is 1.95. The van der Waals surface area contributed by atoms with E-state index in [2.05, 4.69) is 0 Å². The Kier molecular flexibility index (Phi) is 4.48. The highest BCUT2D eigenvalue weighted by Crippen LogP contribution is 2.22. The molecule has 0 aliphatic heterocycles. The predicted molar refractivity (Wildman–Crippen MR) is 78.2 cm³/mol.